The van der Waals surface area contributed by atoms with Gasteiger partial charge in [0, 0.05) is 16.3 Å². The second-order valence-corrected chi connectivity index (χ2v) is 14.6. The Bertz CT molecular complexity index is 3480. The van der Waals surface area contributed by atoms with Crippen LogP contribution in [0.15, 0.2) is 191 Å². The maximum atomic E-state index is 6.65. The molecule has 0 saturated carbocycles. The number of rotatable bonds is 4. The zero-order chi connectivity index (χ0) is 36.7. The van der Waals surface area contributed by atoms with Crippen molar-refractivity contribution in [2.75, 3.05) is 0 Å². The van der Waals surface area contributed by atoms with Crippen LogP contribution in [0.2, 0.25) is 0 Å². The number of furan rings is 2. The minimum atomic E-state index is 0.765. The van der Waals surface area contributed by atoms with E-state index in [0.29, 0.717) is 0 Å². The topological polar surface area (TPSA) is 26.3 Å². The van der Waals surface area contributed by atoms with Crippen molar-refractivity contribution in [3.05, 3.63) is 194 Å². The Labute approximate surface area is 322 Å². The molecule has 0 unspecified atom stereocenters. The van der Waals surface area contributed by atoms with E-state index in [1.807, 2.05) is 24.3 Å². The van der Waals surface area contributed by atoms with Gasteiger partial charge in [0.25, 0.3) is 0 Å². The third-order valence-electron chi connectivity index (χ3n) is 11.5. The van der Waals surface area contributed by atoms with Gasteiger partial charge in [0.2, 0.25) is 0 Å². The smallest absolute Gasteiger partial charge is 0.147 e. The molecule has 2 nitrogen and oxygen atoms in total. The SMILES string of the molecule is c1ccc2oc3c(-c4cccc(-c5c6ccccc6c(-c6cccc(-c7cccc8ccccc78)c6)c6ccccc56)c4)cc4c5ccccc5oc4c3c2c#1. The van der Waals surface area contributed by atoms with Crippen molar-refractivity contribution >= 4 is 76.2 Å². The first-order valence-electron chi connectivity index (χ1n) is 19.0. The standard InChI is InChI=1S/C54H30O2/c1-2-20-38-33(14-1)15-13-27-39(38)34-16-11-18-36(30-34)50-41-22-3-5-24-43(41)51(44-25-6-4-23-42(44)50)37-19-12-17-35(31-37)46-32-47-40-21-7-9-28-48(40)55-54(47)52-45-26-8-10-29-49(45)56-53(46)52/h1-7,9-25,27-32H. The van der Waals surface area contributed by atoms with Crippen LogP contribution in [0.25, 0.3) is 121 Å². The highest BCUT2D eigenvalue weighted by atomic mass is 16.3. The van der Waals surface area contributed by atoms with Crippen molar-refractivity contribution in [3.63, 3.8) is 0 Å². The minimum absolute atomic E-state index is 0.765. The van der Waals surface area contributed by atoms with E-state index in [0.717, 1.165) is 60.6 Å². The molecule has 56 heavy (non-hydrogen) atoms. The van der Waals surface area contributed by atoms with Crippen LogP contribution in [-0.4, -0.2) is 0 Å². The number of fused-ring (bicyclic) bond motifs is 10. The van der Waals surface area contributed by atoms with E-state index in [9.17, 15) is 0 Å². The molecule has 0 amide bonds. The first-order chi connectivity index (χ1) is 27.8. The summed E-state index contributed by atoms with van der Waals surface area (Å²) in [5, 5.41) is 11.3. The molecule has 12 aromatic rings. The zero-order valence-electron chi connectivity index (χ0n) is 30.1. The van der Waals surface area contributed by atoms with Gasteiger partial charge in [-0.15, -0.1) is 0 Å². The number of hydrogen-bond acceptors (Lipinski definition) is 2. The maximum Gasteiger partial charge on any atom is 0.147 e. The van der Waals surface area contributed by atoms with E-state index in [1.165, 1.54) is 60.1 Å². The quantitative estimate of drug-likeness (QED) is 0.170. The van der Waals surface area contributed by atoms with Crippen molar-refractivity contribution in [1.29, 1.82) is 0 Å². The average Bonchev–Trinajstić information content (AvgIpc) is 3.84. The summed E-state index contributed by atoms with van der Waals surface area (Å²) in [5.41, 5.74) is 12.6. The van der Waals surface area contributed by atoms with Crippen LogP contribution >= 0.6 is 0 Å². The van der Waals surface area contributed by atoms with Gasteiger partial charge in [-0.25, -0.2) is 0 Å². The highest BCUT2D eigenvalue weighted by molar-refractivity contribution is 6.25. The predicted octanol–water partition coefficient (Wildman–Crippen LogP) is 15.2. The van der Waals surface area contributed by atoms with E-state index < -0.39 is 0 Å². The summed E-state index contributed by atoms with van der Waals surface area (Å²) in [6.07, 6.45) is 0. The Morgan fingerprint density at radius 2 is 0.893 bits per heavy atom. The summed E-state index contributed by atoms with van der Waals surface area (Å²) < 4.78 is 13.2. The van der Waals surface area contributed by atoms with Gasteiger partial charge >= 0.3 is 0 Å². The molecule has 0 atom stereocenters. The number of hydrogen-bond donors (Lipinski definition) is 0. The normalized spacial score (nSPS) is 11.8. The Kier molecular flexibility index (Phi) is 6.58. The lowest BCUT2D eigenvalue weighted by atomic mass is 9.84. The highest BCUT2D eigenvalue weighted by Gasteiger charge is 2.22. The minimum Gasteiger partial charge on any atom is -0.455 e. The first-order valence-corrected chi connectivity index (χ1v) is 19.0. The van der Waals surface area contributed by atoms with Crippen LogP contribution in [0.3, 0.4) is 0 Å². The van der Waals surface area contributed by atoms with Gasteiger partial charge in [-0.1, -0.05) is 158 Å². The molecule has 0 N–H and O–H groups in total. The third kappa shape index (κ3) is 4.52. The molecule has 258 valence electrons. The van der Waals surface area contributed by atoms with E-state index in [1.54, 1.807) is 0 Å². The Balaban J connectivity index is 1.10. The Morgan fingerprint density at radius 1 is 0.357 bits per heavy atom. The van der Waals surface area contributed by atoms with E-state index >= 15 is 0 Å². The van der Waals surface area contributed by atoms with Gasteiger partial charge < -0.3 is 8.83 Å². The fraction of sp³-hybridized carbons (Fsp3) is 0. The van der Waals surface area contributed by atoms with Crippen LogP contribution in [-0.2, 0) is 0 Å². The number of benzene rings is 9. The third-order valence-corrected chi connectivity index (χ3v) is 11.5. The summed E-state index contributed by atoms with van der Waals surface area (Å²) in [5.74, 6) is 0. The molecule has 0 aliphatic carbocycles. The molecule has 10 aromatic carbocycles. The Hall–Kier alpha value is -7.60. The fourth-order valence-corrected chi connectivity index (χ4v) is 9.06. The second-order valence-electron chi connectivity index (χ2n) is 14.6. The molecule has 12 rings (SSSR count). The summed E-state index contributed by atoms with van der Waals surface area (Å²) in [7, 11) is 0. The first kappa shape index (κ1) is 30.8. The Morgan fingerprint density at radius 3 is 1.59 bits per heavy atom. The summed E-state index contributed by atoms with van der Waals surface area (Å²) in [6, 6.07) is 71.6. The van der Waals surface area contributed by atoms with Crippen molar-refractivity contribution < 1.29 is 8.83 Å². The molecule has 2 heterocycles. The van der Waals surface area contributed by atoms with Crippen LogP contribution in [0, 0.1) is 12.1 Å². The van der Waals surface area contributed by atoms with Crippen molar-refractivity contribution in [2.24, 2.45) is 0 Å². The summed E-state index contributed by atoms with van der Waals surface area (Å²) in [6.45, 7) is 0. The van der Waals surface area contributed by atoms with Gasteiger partial charge in [0.15, 0.2) is 0 Å². The number of para-hydroxylation sites is 1. The van der Waals surface area contributed by atoms with Gasteiger partial charge in [0.1, 0.15) is 22.3 Å². The largest absolute Gasteiger partial charge is 0.455 e. The monoisotopic (exact) mass is 710 g/mol. The van der Waals surface area contributed by atoms with Crippen LogP contribution < -0.4 is 0 Å². The molecular weight excluding hydrogens is 681 g/mol. The van der Waals surface area contributed by atoms with E-state index in [4.69, 9.17) is 8.83 Å². The maximum absolute atomic E-state index is 6.65. The molecule has 0 fully saturated rings. The highest BCUT2D eigenvalue weighted by Crippen LogP contribution is 2.47. The molecule has 0 radical (unpaired) electrons. The second kappa shape index (κ2) is 12.0. The summed E-state index contributed by atoms with van der Waals surface area (Å²) in [4.78, 5) is 0. The van der Waals surface area contributed by atoms with E-state index in [2.05, 4.69) is 170 Å². The lowest BCUT2D eigenvalue weighted by molar-refractivity contribution is 0.663. The lowest BCUT2D eigenvalue weighted by Crippen LogP contribution is -1.92. The average molecular weight is 711 g/mol. The van der Waals surface area contributed by atoms with Crippen LogP contribution in [0.4, 0.5) is 0 Å². The van der Waals surface area contributed by atoms with Gasteiger partial charge in [-0.2, -0.15) is 0 Å². The molecule has 0 saturated heterocycles. The van der Waals surface area contributed by atoms with Crippen molar-refractivity contribution in [2.45, 2.75) is 0 Å². The molecule has 2 aromatic heterocycles. The van der Waals surface area contributed by atoms with Crippen LogP contribution in [0.5, 0.6) is 0 Å². The molecule has 0 aliphatic heterocycles. The predicted molar refractivity (Wildman–Crippen MR) is 233 cm³/mol. The molecule has 0 spiro atoms. The van der Waals surface area contributed by atoms with Gasteiger partial charge in [-0.3, -0.25) is 0 Å². The van der Waals surface area contributed by atoms with Crippen LogP contribution in [0.1, 0.15) is 0 Å². The van der Waals surface area contributed by atoms with Gasteiger partial charge in [0.05, 0.1) is 10.8 Å². The van der Waals surface area contributed by atoms with Crippen molar-refractivity contribution in [1.82, 2.24) is 0 Å². The summed E-state index contributed by atoms with van der Waals surface area (Å²) >= 11 is 0. The molecule has 2 heteroatoms. The van der Waals surface area contributed by atoms with Gasteiger partial charge in [-0.05, 0) is 108 Å². The zero-order valence-corrected chi connectivity index (χ0v) is 30.1. The molecule has 0 aliphatic rings. The lowest BCUT2D eigenvalue weighted by Gasteiger charge is -2.19. The fourth-order valence-electron chi connectivity index (χ4n) is 9.06. The van der Waals surface area contributed by atoms with E-state index in [-0.39, 0.29) is 0 Å². The molecule has 0 bridgehead atoms. The molecular formula is C54H30O2. The van der Waals surface area contributed by atoms with Crippen molar-refractivity contribution in [3.8, 4) is 44.5 Å².